The van der Waals surface area contributed by atoms with E-state index in [-0.39, 0.29) is 6.29 Å². The summed E-state index contributed by atoms with van der Waals surface area (Å²) in [4.78, 5) is 0. The number of hydrogen-bond donors (Lipinski definition) is 0. The Bertz CT molecular complexity index is 316. The number of benzene rings is 1. The average molecular weight is 194 g/mol. The molecular formula is C11H14O3. The molecule has 1 aliphatic heterocycles. The average Bonchev–Trinajstić information content (AvgIpc) is 2.70. The number of hydrogen-bond acceptors (Lipinski definition) is 3. The SMILES string of the molecule is COc1c(C)cccc1C1OCCO1. The summed E-state index contributed by atoms with van der Waals surface area (Å²) in [7, 11) is 1.67. The van der Waals surface area contributed by atoms with Crippen LogP contribution in [0.2, 0.25) is 0 Å². The van der Waals surface area contributed by atoms with Gasteiger partial charge in [-0.3, -0.25) is 0 Å². The van der Waals surface area contributed by atoms with Crippen LogP contribution in [0.15, 0.2) is 18.2 Å². The van der Waals surface area contributed by atoms with E-state index in [9.17, 15) is 0 Å². The van der Waals surface area contributed by atoms with Crippen LogP contribution >= 0.6 is 0 Å². The Morgan fingerprint density at radius 3 is 2.64 bits per heavy atom. The summed E-state index contributed by atoms with van der Waals surface area (Å²) in [6.45, 7) is 3.32. The number of ether oxygens (including phenoxy) is 3. The molecule has 1 fully saturated rings. The third-order valence-corrected chi connectivity index (χ3v) is 2.32. The lowest BCUT2D eigenvalue weighted by Crippen LogP contribution is -2.02. The molecule has 14 heavy (non-hydrogen) atoms. The summed E-state index contributed by atoms with van der Waals surface area (Å²) in [6.07, 6.45) is -0.259. The molecule has 0 atom stereocenters. The minimum absolute atomic E-state index is 0.259. The predicted octanol–water partition coefficient (Wildman–Crippen LogP) is 2.05. The van der Waals surface area contributed by atoms with Gasteiger partial charge in [-0.05, 0) is 12.5 Å². The Hall–Kier alpha value is -1.06. The summed E-state index contributed by atoms with van der Waals surface area (Å²) < 4.78 is 16.2. The number of methoxy groups -OCH3 is 1. The van der Waals surface area contributed by atoms with Crippen LogP contribution < -0.4 is 4.74 Å². The largest absolute Gasteiger partial charge is 0.496 e. The van der Waals surface area contributed by atoms with E-state index < -0.39 is 0 Å². The van der Waals surface area contributed by atoms with Crippen molar-refractivity contribution in [2.75, 3.05) is 20.3 Å². The zero-order chi connectivity index (χ0) is 9.97. The maximum Gasteiger partial charge on any atom is 0.187 e. The van der Waals surface area contributed by atoms with Gasteiger partial charge < -0.3 is 14.2 Å². The molecule has 0 saturated carbocycles. The van der Waals surface area contributed by atoms with Crippen molar-refractivity contribution < 1.29 is 14.2 Å². The predicted molar refractivity (Wildman–Crippen MR) is 52.4 cm³/mol. The first-order valence-electron chi connectivity index (χ1n) is 4.69. The standard InChI is InChI=1S/C11H14O3/c1-8-4-3-5-9(10(8)12-2)11-13-6-7-14-11/h3-5,11H,6-7H2,1-2H3. The van der Waals surface area contributed by atoms with Gasteiger partial charge >= 0.3 is 0 Å². The van der Waals surface area contributed by atoms with Crippen molar-refractivity contribution in [3.63, 3.8) is 0 Å². The Balaban J connectivity index is 2.35. The summed E-state index contributed by atoms with van der Waals surface area (Å²) >= 11 is 0. The van der Waals surface area contributed by atoms with E-state index in [1.165, 1.54) is 0 Å². The second-order valence-corrected chi connectivity index (χ2v) is 3.27. The summed E-state index contributed by atoms with van der Waals surface area (Å²) in [6, 6.07) is 5.97. The second-order valence-electron chi connectivity index (χ2n) is 3.27. The van der Waals surface area contributed by atoms with Crippen LogP contribution in [0.3, 0.4) is 0 Å². The molecule has 1 aromatic rings. The lowest BCUT2D eigenvalue weighted by atomic mass is 10.1. The van der Waals surface area contributed by atoms with Crippen LogP contribution in [0.5, 0.6) is 5.75 Å². The number of rotatable bonds is 2. The lowest BCUT2D eigenvalue weighted by Gasteiger charge is -2.15. The maximum absolute atomic E-state index is 5.43. The van der Waals surface area contributed by atoms with Crippen molar-refractivity contribution in [1.29, 1.82) is 0 Å². The van der Waals surface area contributed by atoms with Crippen molar-refractivity contribution in [3.8, 4) is 5.75 Å². The molecular weight excluding hydrogens is 180 g/mol. The highest BCUT2D eigenvalue weighted by Gasteiger charge is 2.22. The fraction of sp³-hybridized carbons (Fsp3) is 0.455. The highest BCUT2D eigenvalue weighted by molar-refractivity contribution is 5.41. The fourth-order valence-corrected chi connectivity index (χ4v) is 1.68. The molecule has 0 N–H and O–H groups in total. The maximum atomic E-state index is 5.43. The van der Waals surface area contributed by atoms with Crippen molar-refractivity contribution in [1.82, 2.24) is 0 Å². The Morgan fingerprint density at radius 2 is 2.00 bits per heavy atom. The van der Waals surface area contributed by atoms with E-state index in [4.69, 9.17) is 14.2 Å². The molecule has 0 unspecified atom stereocenters. The lowest BCUT2D eigenvalue weighted by molar-refractivity contribution is -0.0455. The van der Waals surface area contributed by atoms with Crippen molar-refractivity contribution in [3.05, 3.63) is 29.3 Å². The molecule has 76 valence electrons. The van der Waals surface area contributed by atoms with Crippen LogP contribution in [-0.4, -0.2) is 20.3 Å². The third-order valence-electron chi connectivity index (χ3n) is 2.32. The molecule has 0 amide bonds. The van der Waals surface area contributed by atoms with Gasteiger partial charge in [0.2, 0.25) is 0 Å². The second kappa shape index (κ2) is 3.98. The first kappa shape index (κ1) is 9.49. The first-order chi connectivity index (χ1) is 6.83. The smallest absolute Gasteiger partial charge is 0.187 e. The Morgan fingerprint density at radius 1 is 1.29 bits per heavy atom. The van der Waals surface area contributed by atoms with Crippen molar-refractivity contribution >= 4 is 0 Å². The number of para-hydroxylation sites is 1. The zero-order valence-electron chi connectivity index (χ0n) is 8.45. The molecule has 0 aliphatic carbocycles. The van der Waals surface area contributed by atoms with Crippen molar-refractivity contribution in [2.45, 2.75) is 13.2 Å². The molecule has 1 saturated heterocycles. The van der Waals surface area contributed by atoms with Gasteiger partial charge in [0, 0.05) is 5.56 Å². The minimum Gasteiger partial charge on any atom is -0.496 e. The molecule has 0 aromatic heterocycles. The van der Waals surface area contributed by atoms with Crippen LogP contribution in [0, 0.1) is 6.92 Å². The van der Waals surface area contributed by atoms with E-state index in [1.807, 2.05) is 25.1 Å². The molecule has 1 heterocycles. The van der Waals surface area contributed by atoms with Crippen LogP contribution in [0.1, 0.15) is 17.4 Å². The third kappa shape index (κ3) is 1.61. The van der Waals surface area contributed by atoms with E-state index >= 15 is 0 Å². The molecule has 3 heteroatoms. The van der Waals surface area contributed by atoms with Gasteiger partial charge in [-0.2, -0.15) is 0 Å². The summed E-state index contributed by atoms with van der Waals surface area (Å²) in [5.41, 5.74) is 2.08. The zero-order valence-corrected chi connectivity index (χ0v) is 8.45. The summed E-state index contributed by atoms with van der Waals surface area (Å²) in [5.74, 6) is 0.861. The topological polar surface area (TPSA) is 27.7 Å². The van der Waals surface area contributed by atoms with Gasteiger partial charge in [0.25, 0.3) is 0 Å². The van der Waals surface area contributed by atoms with Gasteiger partial charge in [-0.1, -0.05) is 18.2 Å². The fourth-order valence-electron chi connectivity index (χ4n) is 1.68. The quantitative estimate of drug-likeness (QED) is 0.721. The van der Waals surface area contributed by atoms with E-state index in [0.717, 1.165) is 16.9 Å². The Kier molecular flexibility index (Phi) is 2.70. The molecule has 3 nitrogen and oxygen atoms in total. The monoisotopic (exact) mass is 194 g/mol. The summed E-state index contributed by atoms with van der Waals surface area (Å²) in [5, 5.41) is 0. The minimum atomic E-state index is -0.259. The Labute approximate surface area is 83.6 Å². The first-order valence-corrected chi connectivity index (χ1v) is 4.69. The molecule has 0 bridgehead atoms. The van der Waals surface area contributed by atoms with Gasteiger partial charge in [0.05, 0.1) is 20.3 Å². The molecule has 1 aromatic carbocycles. The highest BCUT2D eigenvalue weighted by atomic mass is 16.7. The number of aryl methyl sites for hydroxylation is 1. The van der Waals surface area contributed by atoms with Gasteiger partial charge in [0.1, 0.15) is 5.75 Å². The van der Waals surface area contributed by atoms with Gasteiger partial charge in [-0.15, -0.1) is 0 Å². The highest BCUT2D eigenvalue weighted by Crippen LogP contribution is 2.33. The van der Waals surface area contributed by atoms with Crippen molar-refractivity contribution in [2.24, 2.45) is 0 Å². The van der Waals surface area contributed by atoms with Crippen LogP contribution in [-0.2, 0) is 9.47 Å². The van der Waals surface area contributed by atoms with E-state index in [0.29, 0.717) is 13.2 Å². The normalized spacial score (nSPS) is 17.3. The molecule has 0 spiro atoms. The van der Waals surface area contributed by atoms with E-state index in [2.05, 4.69) is 0 Å². The van der Waals surface area contributed by atoms with Gasteiger partial charge in [0.15, 0.2) is 6.29 Å². The molecule has 0 radical (unpaired) electrons. The van der Waals surface area contributed by atoms with Gasteiger partial charge in [-0.25, -0.2) is 0 Å². The molecule has 1 aliphatic rings. The molecule has 2 rings (SSSR count). The van der Waals surface area contributed by atoms with Crippen LogP contribution in [0.4, 0.5) is 0 Å². The van der Waals surface area contributed by atoms with Crippen LogP contribution in [0.25, 0.3) is 0 Å². The van der Waals surface area contributed by atoms with E-state index in [1.54, 1.807) is 7.11 Å².